The number of rotatable bonds is 4. The monoisotopic (exact) mass is 382 g/mol. The number of likely N-dealkylation sites (tertiary alicyclic amines) is 1. The summed E-state index contributed by atoms with van der Waals surface area (Å²) in [5.74, 6) is 0.771. The minimum absolute atomic E-state index is 0.0345. The quantitative estimate of drug-likeness (QED) is 0.744. The average Bonchev–Trinajstić information content (AvgIpc) is 3.21. The first-order valence-corrected chi connectivity index (χ1v) is 9.24. The molecule has 0 bridgehead atoms. The third-order valence-corrected chi connectivity index (χ3v) is 4.88. The lowest BCUT2D eigenvalue weighted by molar-refractivity contribution is 0.0590. The van der Waals surface area contributed by atoms with Crippen LogP contribution in [0.15, 0.2) is 54.9 Å². The molecule has 7 heteroatoms. The Morgan fingerprint density at radius 1 is 1.11 bits per heavy atom. The molecule has 4 rings (SSSR count). The number of carbonyl (C=O) groups is 1. The zero-order valence-corrected chi connectivity index (χ0v) is 15.4. The molecule has 0 unspecified atom stereocenters. The van der Waals surface area contributed by atoms with E-state index in [4.69, 9.17) is 16.3 Å². The van der Waals surface area contributed by atoms with Gasteiger partial charge in [0.15, 0.2) is 0 Å². The molecule has 3 aromatic rings. The summed E-state index contributed by atoms with van der Waals surface area (Å²) in [7, 11) is 0. The van der Waals surface area contributed by atoms with Crippen LogP contribution in [-0.2, 0) is 0 Å². The zero-order chi connectivity index (χ0) is 18.6. The van der Waals surface area contributed by atoms with Crippen LogP contribution in [-0.4, -0.2) is 45.2 Å². The topological polar surface area (TPSA) is 71.1 Å². The second-order valence-corrected chi connectivity index (χ2v) is 6.90. The van der Waals surface area contributed by atoms with Crippen LogP contribution >= 0.6 is 11.6 Å². The highest BCUT2D eigenvalue weighted by atomic mass is 35.5. The van der Waals surface area contributed by atoms with Crippen LogP contribution in [0, 0.1) is 0 Å². The number of pyridine rings is 1. The van der Waals surface area contributed by atoms with Crippen LogP contribution in [0.3, 0.4) is 0 Å². The first-order chi connectivity index (χ1) is 13.2. The van der Waals surface area contributed by atoms with E-state index >= 15 is 0 Å². The molecule has 3 heterocycles. The third kappa shape index (κ3) is 4.11. The fourth-order valence-electron chi connectivity index (χ4n) is 3.15. The maximum Gasteiger partial charge on any atom is 0.271 e. The Labute approximate surface area is 162 Å². The van der Waals surface area contributed by atoms with Crippen molar-refractivity contribution in [2.75, 3.05) is 13.1 Å². The number of amides is 1. The lowest BCUT2D eigenvalue weighted by Gasteiger charge is -2.31. The van der Waals surface area contributed by atoms with Crippen molar-refractivity contribution in [2.24, 2.45) is 0 Å². The van der Waals surface area contributed by atoms with E-state index in [0.717, 1.165) is 29.8 Å². The summed E-state index contributed by atoms with van der Waals surface area (Å²) in [6.07, 6.45) is 5.09. The van der Waals surface area contributed by atoms with Gasteiger partial charge in [0, 0.05) is 48.9 Å². The van der Waals surface area contributed by atoms with Crippen molar-refractivity contribution in [1.82, 2.24) is 20.1 Å². The second kappa shape index (κ2) is 7.80. The maximum absolute atomic E-state index is 12.7. The predicted molar refractivity (Wildman–Crippen MR) is 103 cm³/mol. The van der Waals surface area contributed by atoms with E-state index in [2.05, 4.69) is 15.2 Å². The largest absolute Gasteiger partial charge is 0.490 e. The summed E-state index contributed by atoms with van der Waals surface area (Å²) in [5.41, 5.74) is 2.16. The number of aromatic nitrogens is 3. The Bertz CT molecular complexity index is 903. The fourth-order valence-corrected chi connectivity index (χ4v) is 3.28. The van der Waals surface area contributed by atoms with Crippen molar-refractivity contribution in [1.29, 1.82) is 0 Å². The first kappa shape index (κ1) is 17.5. The summed E-state index contributed by atoms with van der Waals surface area (Å²) >= 11 is 5.90. The summed E-state index contributed by atoms with van der Waals surface area (Å²) in [5, 5.41) is 7.79. The van der Waals surface area contributed by atoms with Gasteiger partial charge in [0.25, 0.3) is 5.91 Å². The van der Waals surface area contributed by atoms with E-state index in [1.165, 1.54) is 0 Å². The van der Waals surface area contributed by atoms with Gasteiger partial charge < -0.3 is 9.64 Å². The van der Waals surface area contributed by atoms with E-state index in [0.29, 0.717) is 23.8 Å². The molecular formula is C20H19ClN4O2. The number of aromatic amines is 1. The summed E-state index contributed by atoms with van der Waals surface area (Å²) < 4.78 is 5.98. The van der Waals surface area contributed by atoms with E-state index in [1.807, 2.05) is 41.3 Å². The van der Waals surface area contributed by atoms with Crippen LogP contribution in [0.25, 0.3) is 11.3 Å². The maximum atomic E-state index is 12.7. The van der Waals surface area contributed by atoms with Crippen LogP contribution < -0.4 is 4.74 Å². The van der Waals surface area contributed by atoms with Crippen LogP contribution in [0.5, 0.6) is 5.75 Å². The molecule has 0 spiro atoms. The first-order valence-electron chi connectivity index (χ1n) is 8.86. The number of H-pyrrole nitrogens is 1. The van der Waals surface area contributed by atoms with Gasteiger partial charge in [0.05, 0.1) is 5.69 Å². The molecule has 1 fully saturated rings. The molecule has 27 heavy (non-hydrogen) atoms. The van der Waals surface area contributed by atoms with Gasteiger partial charge in [-0.1, -0.05) is 11.6 Å². The summed E-state index contributed by atoms with van der Waals surface area (Å²) in [6, 6.07) is 12.9. The molecule has 1 aliphatic heterocycles. The molecule has 0 saturated carbocycles. The lowest BCUT2D eigenvalue weighted by Crippen LogP contribution is -2.41. The highest BCUT2D eigenvalue weighted by Gasteiger charge is 2.26. The van der Waals surface area contributed by atoms with Gasteiger partial charge in [0.1, 0.15) is 17.5 Å². The Hall–Kier alpha value is -2.86. The van der Waals surface area contributed by atoms with E-state index < -0.39 is 0 Å². The number of hydrogen-bond donors (Lipinski definition) is 1. The minimum Gasteiger partial charge on any atom is -0.490 e. The van der Waals surface area contributed by atoms with Gasteiger partial charge in [-0.2, -0.15) is 5.10 Å². The molecule has 1 amide bonds. The Balaban J connectivity index is 1.35. The number of hydrogen-bond acceptors (Lipinski definition) is 4. The van der Waals surface area contributed by atoms with Gasteiger partial charge in [-0.05, 0) is 42.5 Å². The molecule has 1 saturated heterocycles. The molecule has 0 atom stereocenters. The van der Waals surface area contributed by atoms with E-state index in [-0.39, 0.29) is 12.0 Å². The van der Waals surface area contributed by atoms with E-state index in [9.17, 15) is 4.79 Å². The van der Waals surface area contributed by atoms with Crippen molar-refractivity contribution in [3.05, 3.63) is 65.6 Å². The number of halogens is 1. The fraction of sp³-hybridized carbons (Fsp3) is 0.250. The van der Waals surface area contributed by atoms with Gasteiger partial charge in [-0.25, -0.2) is 0 Å². The highest BCUT2D eigenvalue weighted by molar-refractivity contribution is 6.30. The molecule has 0 radical (unpaired) electrons. The van der Waals surface area contributed by atoms with Crippen molar-refractivity contribution >= 4 is 17.5 Å². The Morgan fingerprint density at radius 2 is 1.81 bits per heavy atom. The Morgan fingerprint density at radius 3 is 2.52 bits per heavy atom. The molecule has 6 nitrogen and oxygen atoms in total. The second-order valence-electron chi connectivity index (χ2n) is 6.47. The lowest BCUT2D eigenvalue weighted by atomic mass is 10.1. The molecule has 2 aromatic heterocycles. The third-order valence-electron chi connectivity index (χ3n) is 4.63. The van der Waals surface area contributed by atoms with Gasteiger partial charge in [-0.3, -0.25) is 14.9 Å². The zero-order valence-electron chi connectivity index (χ0n) is 14.6. The number of nitrogens with one attached hydrogen (secondary N) is 1. The van der Waals surface area contributed by atoms with Gasteiger partial charge >= 0.3 is 0 Å². The van der Waals surface area contributed by atoms with Crippen LogP contribution in [0.4, 0.5) is 0 Å². The number of piperidine rings is 1. The normalized spacial score (nSPS) is 14.9. The molecule has 138 valence electrons. The highest BCUT2D eigenvalue weighted by Crippen LogP contribution is 2.22. The van der Waals surface area contributed by atoms with Gasteiger partial charge in [0.2, 0.25) is 0 Å². The number of benzene rings is 1. The molecular weight excluding hydrogens is 364 g/mol. The van der Waals surface area contributed by atoms with Crippen LogP contribution in [0.1, 0.15) is 23.3 Å². The molecule has 1 aromatic carbocycles. The van der Waals surface area contributed by atoms with Crippen LogP contribution in [0.2, 0.25) is 5.02 Å². The molecule has 1 N–H and O–H groups in total. The Kier molecular flexibility index (Phi) is 5.07. The predicted octanol–water partition coefficient (Wildman–Crippen LogP) is 3.81. The van der Waals surface area contributed by atoms with Crippen molar-refractivity contribution in [3.8, 4) is 17.0 Å². The van der Waals surface area contributed by atoms with Crippen molar-refractivity contribution < 1.29 is 9.53 Å². The SMILES string of the molecule is O=C(c1cc(-c2ccncc2)n[nH]1)N1CCC(Oc2ccc(Cl)cc2)CC1. The number of carbonyl (C=O) groups excluding carboxylic acids is 1. The molecule has 0 aliphatic carbocycles. The summed E-state index contributed by atoms with van der Waals surface area (Å²) in [6.45, 7) is 1.31. The van der Waals surface area contributed by atoms with E-state index in [1.54, 1.807) is 18.5 Å². The standard InChI is InChI=1S/C20H19ClN4O2/c21-15-1-3-16(4-2-15)27-17-7-11-25(12-8-17)20(26)19-13-18(23-24-19)14-5-9-22-10-6-14/h1-6,9-10,13,17H,7-8,11-12H2,(H,23,24). The molecule has 1 aliphatic rings. The van der Waals surface area contributed by atoms with Crippen molar-refractivity contribution in [3.63, 3.8) is 0 Å². The average molecular weight is 383 g/mol. The number of ether oxygens (including phenoxy) is 1. The number of nitrogens with zero attached hydrogens (tertiary/aromatic N) is 3. The van der Waals surface area contributed by atoms with Crippen molar-refractivity contribution in [2.45, 2.75) is 18.9 Å². The van der Waals surface area contributed by atoms with Gasteiger partial charge in [-0.15, -0.1) is 0 Å². The minimum atomic E-state index is -0.0345. The smallest absolute Gasteiger partial charge is 0.271 e. The summed E-state index contributed by atoms with van der Waals surface area (Å²) in [4.78, 5) is 18.6.